The standard InChI is InChI=1S/C21H15F3N4O2/c1-13(20(30)26-17-7-5-16(6-8-17)21(22,23)24)28-19(29)10-9-18(27-28)15-4-2-3-14(11-15)12-25/h2-11,13H,1H3,(H,26,30). The second kappa shape index (κ2) is 8.21. The van der Waals surface area contributed by atoms with Gasteiger partial charge in [-0.05, 0) is 49.4 Å². The van der Waals surface area contributed by atoms with Gasteiger partial charge in [-0.2, -0.15) is 23.5 Å². The zero-order valence-corrected chi connectivity index (χ0v) is 15.6. The summed E-state index contributed by atoms with van der Waals surface area (Å²) in [6.45, 7) is 1.45. The number of alkyl halides is 3. The summed E-state index contributed by atoms with van der Waals surface area (Å²) in [4.78, 5) is 24.7. The fourth-order valence-corrected chi connectivity index (χ4v) is 2.71. The maximum Gasteiger partial charge on any atom is 0.416 e. The molecule has 0 aliphatic carbocycles. The minimum Gasteiger partial charge on any atom is -0.324 e. The zero-order valence-electron chi connectivity index (χ0n) is 15.6. The number of nitriles is 1. The Kier molecular flexibility index (Phi) is 5.69. The Labute approximate surface area is 169 Å². The molecule has 1 aromatic heterocycles. The van der Waals surface area contributed by atoms with Gasteiger partial charge in [-0.3, -0.25) is 9.59 Å². The van der Waals surface area contributed by atoms with E-state index in [1.54, 1.807) is 24.3 Å². The van der Waals surface area contributed by atoms with Crippen molar-refractivity contribution in [2.75, 3.05) is 5.32 Å². The number of amides is 1. The lowest BCUT2D eigenvalue weighted by molar-refractivity contribution is -0.137. The normalized spacial score (nSPS) is 12.1. The van der Waals surface area contributed by atoms with Crippen LogP contribution in [-0.2, 0) is 11.0 Å². The van der Waals surface area contributed by atoms with Gasteiger partial charge in [0, 0.05) is 17.3 Å². The zero-order chi connectivity index (χ0) is 21.9. The minimum absolute atomic E-state index is 0.158. The smallest absolute Gasteiger partial charge is 0.324 e. The molecule has 1 N–H and O–H groups in total. The summed E-state index contributed by atoms with van der Waals surface area (Å²) in [5, 5.41) is 15.7. The van der Waals surface area contributed by atoms with Gasteiger partial charge >= 0.3 is 6.18 Å². The monoisotopic (exact) mass is 412 g/mol. The van der Waals surface area contributed by atoms with Gasteiger partial charge in [-0.25, -0.2) is 4.68 Å². The summed E-state index contributed by atoms with van der Waals surface area (Å²) in [5.41, 5.74) is 0.203. The molecule has 0 aliphatic rings. The summed E-state index contributed by atoms with van der Waals surface area (Å²) in [7, 11) is 0. The van der Waals surface area contributed by atoms with Crippen molar-refractivity contribution in [2.24, 2.45) is 0 Å². The lowest BCUT2D eigenvalue weighted by Crippen LogP contribution is -2.33. The molecule has 1 unspecified atom stereocenters. The first-order valence-corrected chi connectivity index (χ1v) is 8.77. The van der Waals surface area contributed by atoms with E-state index in [9.17, 15) is 22.8 Å². The van der Waals surface area contributed by atoms with E-state index in [1.165, 1.54) is 19.1 Å². The highest BCUT2D eigenvalue weighted by atomic mass is 19.4. The Balaban J connectivity index is 1.83. The third-order valence-corrected chi connectivity index (χ3v) is 4.34. The van der Waals surface area contributed by atoms with Crippen molar-refractivity contribution in [2.45, 2.75) is 19.1 Å². The summed E-state index contributed by atoms with van der Waals surface area (Å²) in [6, 6.07) is 14.3. The number of aromatic nitrogens is 2. The van der Waals surface area contributed by atoms with Gasteiger partial charge in [-0.1, -0.05) is 12.1 Å². The summed E-state index contributed by atoms with van der Waals surface area (Å²) in [6.07, 6.45) is -4.48. The molecule has 9 heteroatoms. The van der Waals surface area contributed by atoms with Crippen molar-refractivity contribution in [1.82, 2.24) is 9.78 Å². The molecule has 0 spiro atoms. The van der Waals surface area contributed by atoms with E-state index >= 15 is 0 Å². The molecule has 152 valence electrons. The van der Waals surface area contributed by atoms with Gasteiger partial charge in [0.2, 0.25) is 5.91 Å². The molecular formula is C21H15F3N4O2. The highest BCUT2D eigenvalue weighted by Gasteiger charge is 2.30. The highest BCUT2D eigenvalue weighted by molar-refractivity contribution is 5.93. The fourth-order valence-electron chi connectivity index (χ4n) is 2.71. The number of rotatable bonds is 4. The number of nitrogens with one attached hydrogen (secondary N) is 1. The Morgan fingerprint density at radius 1 is 1.13 bits per heavy atom. The number of nitrogens with zero attached hydrogens (tertiary/aromatic N) is 3. The van der Waals surface area contributed by atoms with E-state index in [0.717, 1.165) is 28.9 Å². The lowest BCUT2D eigenvalue weighted by Gasteiger charge is -2.15. The summed E-state index contributed by atoms with van der Waals surface area (Å²) >= 11 is 0. The second-order valence-electron chi connectivity index (χ2n) is 6.43. The third-order valence-electron chi connectivity index (χ3n) is 4.34. The van der Waals surface area contributed by atoms with Crippen LogP contribution >= 0.6 is 0 Å². The van der Waals surface area contributed by atoms with Crippen molar-refractivity contribution in [3.05, 3.63) is 82.1 Å². The summed E-state index contributed by atoms with van der Waals surface area (Å²) in [5.74, 6) is -0.618. The van der Waals surface area contributed by atoms with Gasteiger partial charge in [0.15, 0.2) is 0 Å². The molecule has 1 amide bonds. The van der Waals surface area contributed by atoms with E-state index in [4.69, 9.17) is 5.26 Å². The highest BCUT2D eigenvalue weighted by Crippen LogP contribution is 2.30. The number of carbonyl (C=O) groups is 1. The van der Waals surface area contributed by atoms with Crippen LogP contribution in [0.3, 0.4) is 0 Å². The van der Waals surface area contributed by atoms with E-state index in [1.807, 2.05) is 6.07 Å². The molecule has 0 aliphatic heterocycles. The first-order valence-electron chi connectivity index (χ1n) is 8.77. The Morgan fingerprint density at radius 3 is 2.47 bits per heavy atom. The topological polar surface area (TPSA) is 87.8 Å². The second-order valence-corrected chi connectivity index (χ2v) is 6.43. The first-order chi connectivity index (χ1) is 14.2. The number of benzene rings is 2. The van der Waals surface area contributed by atoms with E-state index in [2.05, 4.69) is 10.4 Å². The molecule has 0 saturated carbocycles. The first kappa shape index (κ1) is 20.8. The quantitative estimate of drug-likeness (QED) is 0.702. The van der Waals surface area contributed by atoms with E-state index in [-0.39, 0.29) is 5.69 Å². The van der Waals surface area contributed by atoms with Gasteiger partial charge in [0.05, 0.1) is 22.9 Å². The predicted molar refractivity (Wildman–Crippen MR) is 103 cm³/mol. The Hall–Kier alpha value is -3.93. The molecule has 3 aromatic rings. The van der Waals surface area contributed by atoms with Gasteiger partial charge in [0.25, 0.3) is 5.56 Å². The van der Waals surface area contributed by atoms with Crippen LogP contribution in [-0.4, -0.2) is 15.7 Å². The van der Waals surface area contributed by atoms with Crippen LogP contribution in [0.5, 0.6) is 0 Å². The molecule has 0 saturated heterocycles. The van der Waals surface area contributed by atoms with Crippen molar-refractivity contribution in [3.63, 3.8) is 0 Å². The van der Waals surface area contributed by atoms with Gasteiger partial charge in [-0.15, -0.1) is 0 Å². The molecule has 30 heavy (non-hydrogen) atoms. The van der Waals surface area contributed by atoms with Crippen LogP contribution in [0.4, 0.5) is 18.9 Å². The predicted octanol–water partition coefficient (Wildman–Crippen LogP) is 4.00. The van der Waals surface area contributed by atoms with Crippen molar-refractivity contribution >= 4 is 11.6 Å². The molecule has 0 radical (unpaired) electrons. The Morgan fingerprint density at radius 2 is 1.83 bits per heavy atom. The maximum absolute atomic E-state index is 12.7. The average Bonchev–Trinajstić information content (AvgIpc) is 2.73. The number of hydrogen-bond donors (Lipinski definition) is 1. The number of anilines is 1. The lowest BCUT2D eigenvalue weighted by atomic mass is 10.1. The number of hydrogen-bond acceptors (Lipinski definition) is 4. The van der Waals surface area contributed by atoms with Crippen LogP contribution < -0.4 is 10.9 Å². The van der Waals surface area contributed by atoms with Crippen LogP contribution in [0.25, 0.3) is 11.3 Å². The summed E-state index contributed by atoms with van der Waals surface area (Å²) < 4.78 is 38.9. The van der Waals surface area contributed by atoms with Crippen LogP contribution in [0.15, 0.2) is 65.5 Å². The average molecular weight is 412 g/mol. The van der Waals surface area contributed by atoms with Crippen LogP contribution in [0, 0.1) is 11.3 Å². The SMILES string of the molecule is CC(C(=O)Nc1ccc(C(F)(F)F)cc1)n1nc(-c2cccc(C#N)c2)ccc1=O. The van der Waals surface area contributed by atoms with Crippen molar-refractivity contribution in [3.8, 4) is 17.3 Å². The molecule has 0 bridgehead atoms. The minimum atomic E-state index is -4.48. The van der Waals surface area contributed by atoms with Crippen LogP contribution in [0.1, 0.15) is 24.1 Å². The van der Waals surface area contributed by atoms with Gasteiger partial charge in [0.1, 0.15) is 6.04 Å². The number of carbonyl (C=O) groups excluding carboxylic acids is 1. The molecule has 6 nitrogen and oxygen atoms in total. The largest absolute Gasteiger partial charge is 0.416 e. The third kappa shape index (κ3) is 4.55. The molecule has 3 rings (SSSR count). The van der Waals surface area contributed by atoms with Crippen LogP contribution in [0.2, 0.25) is 0 Å². The molecule has 2 aromatic carbocycles. The van der Waals surface area contributed by atoms with Gasteiger partial charge < -0.3 is 5.32 Å². The molecule has 1 atom stereocenters. The molecule has 1 heterocycles. The van der Waals surface area contributed by atoms with Crippen molar-refractivity contribution < 1.29 is 18.0 Å². The fraction of sp³-hybridized carbons (Fsp3) is 0.143. The maximum atomic E-state index is 12.7. The van der Waals surface area contributed by atoms with Crippen molar-refractivity contribution in [1.29, 1.82) is 5.26 Å². The molecular weight excluding hydrogens is 397 g/mol. The molecule has 0 fully saturated rings. The van der Waals surface area contributed by atoms with E-state index in [0.29, 0.717) is 16.8 Å². The van der Waals surface area contributed by atoms with E-state index < -0.39 is 29.2 Å². The Bertz CT molecular complexity index is 1180. The number of halogens is 3.